The van der Waals surface area contributed by atoms with Crippen molar-refractivity contribution in [2.75, 3.05) is 0 Å². The van der Waals surface area contributed by atoms with Crippen LogP contribution < -0.4 is 0 Å². The highest BCUT2D eigenvalue weighted by Crippen LogP contribution is 2.00. The Bertz CT molecular complexity index is 141. The monoisotopic (exact) mass is 153 g/mol. The van der Waals surface area contributed by atoms with E-state index >= 15 is 0 Å². The molecule has 0 saturated heterocycles. The van der Waals surface area contributed by atoms with Gasteiger partial charge in [0.1, 0.15) is 6.11 Å². The minimum absolute atomic E-state index is 0.807. The van der Waals surface area contributed by atoms with Crippen molar-refractivity contribution < 1.29 is 9.53 Å². The fourth-order valence-electron chi connectivity index (χ4n) is 0.748. The summed E-state index contributed by atoms with van der Waals surface area (Å²) in [6.45, 7) is 3.41. The van der Waals surface area contributed by atoms with E-state index in [9.17, 15) is 4.79 Å². The molecule has 1 radical (unpaired) electrons. The third kappa shape index (κ3) is 9.03. The molecule has 0 amide bonds. The lowest BCUT2D eigenvalue weighted by atomic mass is 10.2. The first-order valence-electron chi connectivity index (χ1n) is 3.92. The Morgan fingerprint density at radius 2 is 2.09 bits per heavy atom. The van der Waals surface area contributed by atoms with Crippen molar-refractivity contribution in [2.24, 2.45) is 0 Å². The Morgan fingerprint density at radius 1 is 1.27 bits per heavy atom. The molecular weight excluding hydrogens is 140 g/mol. The van der Waals surface area contributed by atoms with Gasteiger partial charge in [-0.2, -0.15) is 0 Å². The minimum atomic E-state index is 0.807. The fraction of sp³-hybridized carbons (Fsp3) is 0.667. The maximum Gasteiger partial charge on any atom is 0.432 e. The van der Waals surface area contributed by atoms with Crippen LogP contribution in [0.25, 0.3) is 0 Å². The van der Waals surface area contributed by atoms with Crippen molar-refractivity contribution >= 4 is 6.47 Å². The van der Waals surface area contributed by atoms with Crippen LogP contribution in [0.3, 0.4) is 0 Å². The van der Waals surface area contributed by atoms with Gasteiger partial charge in [0.05, 0.1) is 0 Å². The van der Waals surface area contributed by atoms with Crippen LogP contribution in [0.2, 0.25) is 0 Å². The predicted molar refractivity (Wildman–Crippen MR) is 43.3 cm³/mol. The summed E-state index contributed by atoms with van der Waals surface area (Å²) in [5.41, 5.74) is 0. The molecule has 0 bridgehead atoms. The van der Waals surface area contributed by atoms with Crippen LogP contribution in [-0.4, -0.2) is 6.47 Å². The third-order valence-corrected chi connectivity index (χ3v) is 1.32. The average Bonchev–Trinajstić information content (AvgIpc) is 2.03. The molecule has 0 aliphatic rings. The highest BCUT2D eigenvalue weighted by molar-refractivity contribution is 5.40. The quantitative estimate of drug-likeness (QED) is 0.446. The van der Waals surface area contributed by atoms with Crippen molar-refractivity contribution in [1.29, 1.82) is 0 Å². The van der Waals surface area contributed by atoms with Crippen LogP contribution in [0, 0.1) is 12.0 Å². The topological polar surface area (TPSA) is 26.3 Å². The fourth-order valence-corrected chi connectivity index (χ4v) is 0.748. The first-order chi connectivity index (χ1) is 5.41. The second-order valence-corrected chi connectivity index (χ2v) is 2.27. The SMILES string of the molecule is CCCCCCC#CO[C]=O. The van der Waals surface area contributed by atoms with Crippen molar-refractivity contribution in [3.8, 4) is 12.0 Å². The van der Waals surface area contributed by atoms with Crippen LogP contribution >= 0.6 is 0 Å². The second kappa shape index (κ2) is 9.03. The van der Waals surface area contributed by atoms with Crippen LogP contribution in [0.4, 0.5) is 0 Å². The molecule has 0 aromatic rings. The lowest BCUT2D eigenvalue weighted by Gasteiger charge is -1.90. The van der Waals surface area contributed by atoms with Crippen LogP contribution in [0.5, 0.6) is 0 Å². The largest absolute Gasteiger partial charge is 0.432 e. The van der Waals surface area contributed by atoms with Crippen LogP contribution in [0.1, 0.15) is 39.0 Å². The molecule has 0 atom stereocenters. The molecule has 0 heterocycles. The molecule has 0 rings (SSSR count). The van der Waals surface area contributed by atoms with Gasteiger partial charge in [0, 0.05) is 6.42 Å². The first-order valence-corrected chi connectivity index (χ1v) is 3.92. The van der Waals surface area contributed by atoms with E-state index in [1.165, 1.54) is 25.7 Å². The lowest BCUT2D eigenvalue weighted by Crippen LogP contribution is -1.76. The molecular formula is C9H13O2. The van der Waals surface area contributed by atoms with E-state index in [4.69, 9.17) is 0 Å². The minimum Gasteiger partial charge on any atom is -0.364 e. The summed E-state index contributed by atoms with van der Waals surface area (Å²) in [6.07, 6.45) is 7.82. The normalized spacial score (nSPS) is 8.09. The molecule has 0 saturated carbocycles. The first kappa shape index (κ1) is 10.0. The predicted octanol–water partition coefficient (Wildman–Crippen LogP) is 2.00. The second-order valence-electron chi connectivity index (χ2n) is 2.27. The van der Waals surface area contributed by atoms with Crippen LogP contribution in [-0.2, 0) is 9.53 Å². The van der Waals surface area contributed by atoms with Gasteiger partial charge in [-0.1, -0.05) is 32.1 Å². The van der Waals surface area contributed by atoms with Gasteiger partial charge in [-0.3, -0.25) is 0 Å². The summed E-state index contributed by atoms with van der Waals surface area (Å²) in [7, 11) is 0. The summed E-state index contributed by atoms with van der Waals surface area (Å²) in [6, 6.07) is 0. The number of rotatable bonds is 5. The molecule has 2 nitrogen and oxygen atoms in total. The van der Waals surface area contributed by atoms with Crippen molar-refractivity contribution in [3.05, 3.63) is 0 Å². The number of carbonyl (C=O) groups excluding carboxylic acids is 1. The Labute approximate surface area is 67.9 Å². The maximum absolute atomic E-state index is 9.49. The summed E-state index contributed by atoms with van der Waals surface area (Å²) in [5.74, 6) is 2.71. The third-order valence-electron chi connectivity index (χ3n) is 1.32. The van der Waals surface area contributed by atoms with Gasteiger partial charge in [0.15, 0.2) is 0 Å². The van der Waals surface area contributed by atoms with Gasteiger partial charge in [-0.05, 0) is 6.42 Å². The lowest BCUT2D eigenvalue weighted by molar-refractivity contribution is 0.420. The van der Waals surface area contributed by atoms with E-state index in [-0.39, 0.29) is 0 Å². The summed E-state index contributed by atoms with van der Waals surface area (Å²) < 4.78 is 4.07. The molecule has 0 aliphatic heterocycles. The van der Waals surface area contributed by atoms with E-state index < -0.39 is 0 Å². The summed E-state index contributed by atoms with van der Waals surface area (Å²) in [5, 5.41) is 0. The van der Waals surface area contributed by atoms with Gasteiger partial charge in [-0.25, -0.2) is 4.79 Å². The average molecular weight is 153 g/mol. The highest BCUT2D eigenvalue weighted by atomic mass is 16.5. The molecule has 0 aromatic heterocycles. The Hall–Kier alpha value is -0.970. The molecule has 0 aromatic carbocycles. The highest BCUT2D eigenvalue weighted by Gasteiger charge is 1.83. The Kier molecular flexibility index (Phi) is 8.23. The van der Waals surface area contributed by atoms with E-state index in [0.717, 1.165) is 12.8 Å². The molecule has 0 fully saturated rings. The molecule has 0 spiro atoms. The van der Waals surface area contributed by atoms with E-state index in [2.05, 4.69) is 23.7 Å². The van der Waals surface area contributed by atoms with Crippen molar-refractivity contribution in [1.82, 2.24) is 0 Å². The smallest absolute Gasteiger partial charge is 0.364 e. The van der Waals surface area contributed by atoms with Crippen molar-refractivity contribution in [3.63, 3.8) is 0 Å². The van der Waals surface area contributed by atoms with Crippen LogP contribution in [0.15, 0.2) is 0 Å². The zero-order valence-electron chi connectivity index (χ0n) is 6.85. The molecule has 11 heavy (non-hydrogen) atoms. The Balaban J connectivity index is 3.02. The zero-order chi connectivity index (χ0) is 8.36. The molecule has 61 valence electrons. The number of ether oxygens (including phenoxy) is 1. The molecule has 0 unspecified atom stereocenters. The standard InChI is InChI=1S/C9H13O2/c1-2-3-4-5-6-7-8-11-9-10/h2-6H2,1H3. The molecule has 2 heteroatoms. The summed E-state index contributed by atoms with van der Waals surface area (Å²) >= 11 is 0. The van der Waals surface area contributed by atoms with Gasteiger partial charge in [0.25, 0.3) is 0 Å². The number of hydrogen-bond donors (Lipinski definition) is 0. The van der Waals surface area contributed by atoms with E-state index in [0.29, 0.717) is 0 Å². The molecule has 0 N–H and O–H groups in total. The van der Waals surface area contributed by atoms with Crippen molar-refractivity contribution in [2.45, 2.75) is 39.0 Å². The van der Waals surface area contributed by atoms with E-state index in [1.54, 1.807) is 0 Å². The maximum atomic E-state index is 9.49. The van der Waals surface area contributed by atoms with Gasteiger partial charge >= 0.3 is 6.47 Å². The molecule has 0 aliphatic carbocycles. The Morgan fingerprint density at radius 3 is 2.73 bits per heavy atom. The number of unbranched alkanes of at least 4 members (excludes halogenated alkanes) is 4. The van der Waals surface area contributed by atoms with Gasteiger partial charge < -0.3 is 4.74 Å². The number of hydrogen-bond acceptors (Lipinski definition) is 2. The zero-order valence-corrected chi connectivity index (χ0v) is 6.85. The van der Waals surface area contributed by atoms with Gasteiger partial charge in [-0.15, -0.1) is 0 Å². The van der Waals surface area contributed by atoms with E-state index in [1.807, 2.05) is 0 Å². The summed E-state index contributed by atoms with van der Waals surface area (Å²) in [4.78, 5) is 9.49. The van der Waals surface area contributed by atoms with Gasteiger partial charge in [0.2, 0.25) is 0 Å².